The topological polar surface area (TPSA) is 78.3 Å². The first-order valence-corrected chi connectivity index (χ1v) is 11.2. The van der Waals surface area contributed by atoms with E-state index in [0.717, 1.165) is 5.56 Å². The van der Waals surface area contributed by atoms with E-state index >= 15 is 0 Å². The number of carbonyl (C=O) groups is 1. The van der Waals surface area contributed by atoms with Crippen LogP contribution >= 0.6 is 23.4 Å². The van der Waals surface area contributed by atoms with Crippen molar-refractivity contribution in [1.29, 1.82) is 0 Å². The zero-order valence-electron chi connectivity index (χ0n) is 17.9. The van der Waals surface area contributed by atoms with Gasteiger partial charge in [0.15, 0.2) is 17.1 Å². The Hall–Kier alpha value is -2.71. The average Bonchev–Trinajstić information content (AvgIpc) is 3.18. The number of hydrogen-bond acceptors (Lipinski definition) is 6. The number of thioether (sulfide) groups is 1. The summed E-state index contributed by atoms with van der Waals surface area (Å²) in [6, 6.07) is 12.8. The van der Waals surface area contributed by atoms with Crippen LogP contribution in [0.3, 0.4) is 0 Å². The third-order valence-electron chi connectivity index (χ3n) is 4.55. The average molecular weight is 461 g/mol. The molecule has 0 bridgehead atoms. The van der Waals surface area contributed by atoms with Crippen LogP contribution < -0.4 is 14.8 Å². The number of amides is 1. The van der Waals surface area contributed by atoms with Crippen LogP contribution in [0, 0.1) is 6.92 Å². The lowest BCUT2D eigenvalue weighted by Crippen LogP contribution is -2.15. The molecule has 0 saturated heterocycles. The Morgan fingerprint density at radius 1 is 1.23 bits per heavy atom. The molecule has 0 aliphatic heterocycles. The maximum Gasteiger partial charge on any atom is 0.234 e. The SMILES string of the molecule is CCn1c(SCC(=O)Nc2cccc(OC)c2)nnc1C(C)Oc1ccc(Cl)c(C)c1. The molecular formula is C22H25ClN4O3S. The second kappa shape index (κ2) is 10.5. The fourth-order valence-electron chi connectivity index (χ4n) is 2.98. The number of anilines is 1. The molecule has 0 aliphatic carbocycles. The van der Waals surface area contributed by atoms with Crippen molar-refractivity contribution in [3.05, 3.63) is 58.9 Å². The molecule has 3 rings (SSSR count). The number of ether oxygens (including phenoxy) is 2. The second-order valence-corrected chi connectivity index (χ2v) is 8.17. The Morgan fingerprint density at radius 3 is 2.74 bits per heavy atom. The van der Waals surface area contributed by atoms with Gasteiger partial charge >= 0.3 is 0 Å². The molecule has 1 aromatic heterocycles. The predicted molar refractivity (Wildman–Crippen MR) is 123 cm³/mol. The van der Waals surface area contributed by atoms with Crippen molar-refractivity contribution >= 4 is 35.0 Å². The van der Waals surface area contributed by atoms with Gasteiger partial charge in [-0.05, 0) is 56.7 Å². The van der Waals surface area contributed by atoms with Crippen molar-refractivity contribution in [2.45, 2.75) is 38.6 Å². The monoisotopic (exact) mass is 460 g/mol. The highest BCUT2D eigenvalue weighted by Crippen LogP contribution is 2.27. The highest BCUT2D eigenvalue weighted by Gasteiger charge is 2.19. The van der Waals surface area contributed by atoms with Crippen LogP contribution in [0.2, 0.25) is 5.02 Å². The Balaban J connectivity index is 1.63. The first-order valence-electron chi connectivity index (χ1n) is 9.83. The van der Waals surface area contributed by atoms with E-state index in [9.17, 15) is 4.79 Å². The van der Waals surface area contributed by atoms with E-state index in [1.807, 2.05) is 61.7 Å². The van der Waals surface area contributed by atoms with Crippen molar-refractivity contribution < 1.29 is 14.3 Å². The lowest BCUT2D eigenvalue weighted by atomic mass is 10.2. The minimum absolute atomic E-state index is 0.133. The number of rotatable bonds is 9. The molecule has 7 nitrogen and oxygen atoms in total. The number of aryl methyl sites for hydroxylation is 1. The highest BCUT2D eigenvalue weighted by molar-refractivity contribution is 7.99. The summed E-state index contributed by atoms with van der Waals surface area (Å²) in [6.07, 6.45) is -0.312. The number of benzene rings is 2. The molecular weight excluding hydrogens is 436 g/mol. The Morgan fingerprint density at radius 2 is 2.03 bits per heavy atom. The van der Waals surface area contributed by atoms with Gasteiger partial charge in [-0.3, -0.25) is 4.79 Å². The number of methoxy groups -OCH3 is 1. The number of aromatic nitrogens is 3. The lowest BCUT2D eigenvalue weighted by molar-refractivity contribution is -0.113. The van der Waals surface area contributed by atoms with Crippen LogP contribution in [0.15, 0.2) is 47.6 Å². The molecule has 164 valence electrons. The zero-order chi connectivity index (χ0) is 22.4. The molecule has 0 saturated carbocycles. The summed E-state index contributed by atoms with van der Waals surface area (Å²) < 4.78 is 13.2. The van der Waals surface area contributed by atoms with E-state index in [1.54, 1.807) is 13.2 Å². The van der Waals surface area contributed by atoms with E-state index in [0.29, 0.717) is 39.7 Å². The molecule has 1 N–H and O–H groups in total. The van der Waals surface area contributed by atoms with Gasteiger partial charge in [0.1, 0.15) is 11.5 Å². The zero-order valence-corrected chi connectivity index (χ0v) is 19.5. The first kappa shape index (κ1) is 23.0. The molecule has 1 unspecified atom stereocenters. The van der Waals surface area contributed by atoms with Crippen LogP contribution in [0.25, 0.3) is 0 Å². The van der Waals surface area contributed by atoms with Crippen LogP contribution in [0.4, 0.5) is 5.69 Å². The summed E-state index contributed by atoms with van der Waals surface area (Å²) in [5, 5.41) is 12.8. The molecule has 3 aromatic rings. The van der Waals surface area contributed by atoms with Gasteiger partial charge in [-0.25, -0.2) is 0 Å². The highest BCUT2D eigenvalue weighted by atomic mass is 35.5. The third kappa shape index (κ3) is 5.92. The Bertz CT molecular complexity index is 1060. The largest absolute Gasteiger partial charge is 0.497 e. The summed E-state index contributed by atoms with van der Waals surface area (Å²) in [7, 11) is 1.59. The number of hydrogen-bond donors (Lipinski definition) is 1. The van der Waals surface area contributed by atoms with Gasteiger partial charge in [0.2, 0.25) is 5.91 Å². The molecule has 2 aromatic carbocycles. The predicted octanol–water partition coefficient (Wildman–Crippen LogP) is 5.14. The lowest BCUT2D eigenvalue weighted by Gasteiger charge is -2.16. The van der Waals surface area contributed by atoms with Crippen molar-refractivity contribution in [3.8, 4) is 11.5 Å². The standard InChI is InChI=1S/C22H25ClN4O3S/c1-5-27-21(15(3)30-18-9-10-19(23)14(2)11-18)25-26-22(27)31-13-20(28)24-16-7-6-8-17(12-16)29-4/h6-12,15H,5,13H2,1-4H3,(H,24,28). The Kier molecular flexibility index (Phi) is 7.81. The van der Waals surface area contributed by atoms with Crippen molar-refractivity contribution in [1.82, 2.24) is 14.8 Å². The summed E-state index contributed by atoms with van der Waals surface area (Å²) in [5.41, 5.74) is 1.63. The number of nitrogens with one attached hydrogen (secondary N) is 1. The number of halogens is 1. The summed E-state index contributed by atoms with van der Waals surface area (Å²) in [5.74, 6) is 2.18. The van der Waals surface area contributed by atoms with Crippen molar-refractivity contribution in [2.24, 2.45) is 0 Å². The van der Waals surface area contributed by atoms with E-state index < -0.39 is 0 Å². The summed E-state index contributed by atoms with van der Waals surface area (Å²) >= 11 is 7.42. The van der Waals surface area contributed by atoms with Crippen LogP contribution in [-0.2, 0) is 11.3 Å². The van der Waals surface area contributed by atoms with Gasteiger partial charge in [0.25, 0.3) is 0 Å². The van der Waals surface area contributed by atoms with E-state index in [4.69, 9.17) is 21.1 Å². The molecule has 1 heterocycles. The second-order valence-electron chi connectivity index (χ2n) is 6.82. The van der Waals surface area contributed by atoms with Gasteiger partial charge in [0, 0.05) is 23.3 Å². The first-order chi connectivity index (χ1) is 14.9. The van der Waals surface area contributed by atoms with Crippen LogP contribution in [0.1, 0.15) is 31.3 Å². The smallest absolute Gasteiger partial charge is 0.234 e. The molecule has 0 aliphatic rings. The minimum atomic E-state index is -0.312. The fourth-order valence-corrected chi connectivity index (χ4v) is 3.91. The normalized spacial score (nSPS) is 11.8. The van der Waals surface area contributed by atoms with E-state index in [2.05, 4.69) is 15.5 Å². The molecule has 1 atom stereocenters. The Labute approximate surface area is 191 Å². The molecule has 0 spiro atoms. The maximum atomic E-state index is 12.4. The number of nitrogens with zero attached hydrogens (tertiary/aromatic N) is 3. The van der Waals surface area contributed by atoms with Crippen LogP contribution in [0.5, 0.6) is 11.5 Å². The molecule has 1 amide bonds. The van der Waals surface area contributed by atoms with Gasteiger partial charge in [-0.2, -0.15) is 0 Å². The third-order valence-corrected chi connectivity index (χ3v) is 5.94. The molecule has 31 heavy (non-hydrogen) atoms. The molecule has 9 heteroatoms. The van der Waals surface area contributed by atoms with Crippen molar-refractivity contribution in [2.75, 3.05) is 18.2 Å². The minimum Gasteiger partial charge on any atom is -0.497 e. The van der Waals surface area contributed by atoms with Gasteiger partial charge in [-0.1, -0.05) is 29.4 Å². The van der Waals surface area contributed by atoms with Gasteiger partial charge in [0.05, 0.1) is 12.9 Å². The summed E-state index contributed by atoms with van der Waals surface area (Å²) in [4.78, 5) is 12.4. The van der Waals surface area contributed by atoms with Crippen molar-refractivity contribution in [3.63, 3.8) is 0 Å². The van der Waals surface area contributed by atoms with Gasteiger partial charge in [-0.15, -0.1) is 10.2 Å². The maximum absolute atomic E-state index is 12.4. The van der Waals surface area contributed by atoms with Crippen LogP contribution in [-0.4, -0.2) is 33.5 Å². The number of carbonyl (C=O) groups excluding carboxylic acids is 1. The van der Waals surface area contributed by atoms with Gasteiger partial charge < -0.3 is 19.4 Å². The molecule has 0 fully saturated rings. The summed E-state index contributed by atoms with van der Waals surface area (Å²) in [6.45, 7) is 6.52. The fraction of sp³-hybridized carbons (Fsp3) is 0.318. The van der Waals surface area contributed by atoms with E-state index in [1.165, 1.54) is 11.8 Å². The molecule has 0 radical (unpaired) electrons. The quantitative estimate of drug-likeness (QED) is 0.445. The van der Waals surface area contributed by atoms with E-state index in [-0.39, 0.29) is 17.8 Å².